The van der Waals surface area contributed by atoms with Crippen LogP contribution in [0.4, 0.5) is 5.69 Å². The molecule has 0 saturated heterocycles. The Labute approximate surface area is 78.6 Å². The molecule has 1 aromatic rings. The number of rotatable bonds is 1. The fourth-order valence-electron chi connectivity index (χ4n) is 0.894. The Kier molecular flexibility index (Phi) is 3.56. The summed E-state index contributed by atoms with van der Waals surface area (Å²) < 4.78 is 0. The number of hydrogen-bond donors (Lipinski definition) is 2. The van der Waals surface area contributed by atoms with Crippen molar-refractivity contribution < 1.29 is 0 Å². The Balaban J connectivity index is 2.86. The molecule has 0 heterocycles. The van der Waals surface area contributed by atoms with Gasteiger partial charge in [-0.2, -0.15) is 12.6 Å². The van der Waals surface area contributed by atoms with Gasteiger partial charge in [0, 0.05) is 18.3 Å². The van der Waals surface area contributed by atoms with Crippen molar-refractivity contribution in [1.29, 1.82) is 0 Å². The number of thiol groups is 1. The molecule has 62 valence electrons. The summed E-state index contributed by atoms with van der Waals surface area (Å²) in [6, 6.07) is 7.98. The van der Waals surface area contributed by atoms with Crippen LogP contribution >= 0.6 is 12.6 Å². The second-order valence-corrected chi connectivity index (χ2v) is 2.61. The fourth-order valence-corrected chi connectivity index (χ4v) is 0.973. The van der Waals surface area contributed by atoms with E-state index in [1.165, 1.54) is 0 Å². The smallest absolute Gasteiger partial charge is 0.0521 e. The van der Waals surface area contributed by atoms with Crippen LogP contribution < -0.4 is 5.32 Å². The van der Waals surface area contributed by atoms with Crippen molar-refractivity contribution in [2.45, 2.75) is 0 Å². The molecule has 0 amide bonds. The molecule has 0 radical (unpaired) electrons. The summed E-state index contributed by atoms with van der Waals surface area (Å²) in [6.07, 6.45) is 0. The Hall–Kier alpha value is -1.07. The molecule has 0 bridgehead atoms. The van der Waals surface area contributed by atoms with Gasteiger partial charge in [0.25, 0.3) is 0 Å². The van der Waals surface area contributed by atoms with Gasteiger partial charge < -0.3 is 5.32 Å². The molecule has 12 heavy (non-hydrogen) atoms. The first-order valence-electron chi connectivity index (χ1n) is 3.74. The molecule has 1 N–H and O–H groups in total. The molecule has 0 aliphatic heterocycles. The van der Waals surface area contributed by atoms with E-state index in [9.17, 15) is 0 Å². The largest absolute Gasteiger partial charge is 0.388 e. The predicted octanol–water partition coefficient (Wildman–Crippen LogP) is 2.01. The highest BCUT2D eigenvalue weighted by molar-refractivity contribution is 7.80. The van der Waals surface area contributed by atoms with Gasteiger partial charge >= 0.3 is 0 Å². The zero-order valence-corrected chi connectivity index (χ0v) is 7.86. The summed E-state index contributed by atoms with van der Waals surface area (Å²) in [5.41, 5.74) is 2.11. The maximum atomic E-state index is 4.01. The first-order chi connectivity index (χ1) is 5.86. The molecule has 1 nitrogen and oxygen atoms in total. The Bertz CT molecular complexity index is 309. The highest BCUT2D eigenvalue weighted by Gasteiger charge is 1.88. The maximum absolute atomic E-state index is 4.01. The van der Waals surface area contributed by atoms with E-state index in [-0.39, 0.29) is 0 Å². The Morgan fingerprint density at radius 2 is 2.33 bits per heavy atom. The van der Waals surface area contributed by atoms with Gasteiger partial charge in [-0.25, -0.2) is 0 Å². The van der Waals surface area contributed by atoms with Crippen LogP contribution in [0.2, 0.25) is 0 Å². The van der Waals surface area contributed by atoms with E-state index in [2.05, 4.69) is 29.8 Å². The minimum absolute atomic E-state index is 0.601. The lowest BCUT2D eigenvalue weighted by Crippen LogP contribution is -1.87. The van der Waals surface area contributed by atoms with Gasteiger partial charge in [-0.3, -0.25) is 0 Å². The van der Waals surface area contributed by atoms with Crippen LogP contribution in [0.15, 0.2) is 24.3 Å². The number of benzene rings is 1. The van der Waals surface area contributed by atoms with E-state index < -0.39 is 0 Å². The molecule has 0 unspecified atom stereocenters. The molecule has 1 aromatic carbocycles. The molecule has 2 heteroatoms. The monoisotopic (exact) mass is 177 g/mol. The SMILES string of the molecule is CNc1cccc(C#CCS)c1. The van der Waals surface area contributed by atoms with Crippen molar-refractivity contribution in [3.05, 3.63) is 29.8 Å². The number of hydrogen-bond acceptors (Lipinski definition) is 2. The molecule has 0 atom stereocenters. The summed E-state index contributed by atoms with van der Waals surface area (Å²) >= 11 is 4.01. The van der Waals surface area contributed by atoms with E-state index in [4.69, 9.17) is 0 Å². The fraction of sp³-hybridized carbons (Fsp3) is 0.200. The second kappa shape index (κ2) is 4.74. The average Bonchev–Trinajstić information content (AvgIpc) is 2.15. The molecule has 0 aliphatic carbocycles. The molecule has 0 fully saturated rings. The quantitative estimate of drug-likeness (QED) is 0.494. The molecule has 0 spiro atoms. The van der Waals surface area contributed by atoms with Crippen LogP contribution in [0.25, 0.3) is 0 Å². The van der Waals surface area contributed by atoms with Crippen molar-refractivity contribution >= 4 is 18.3 Å². The van der Waals surface area contributed by atoms with Gasteiger partial charge in [0.2, 0.25) is 0 Å². The summed E-state index contributed by atoms with van der Waals surface area (Å²) in [6.45, 7) is 0. The van der Waals surface area contributed by atoms with Gasteiger partial charge in [-0.05, 0) is 18.2 Å². The lowest BCUT2D eigenvalue weighted by atomic mass is 10.2. The molecular weight excluding hydrogens is 166 g/mol. The van der Waals surface area contributed by atoms with Crippen molar-refractivity contribution in [3.8, 4) is 11.8 Å². The second-order valence-electron chi connectivity index (χ2n) is 2.29. The van der Waals surface area contributed by atoms with E-state index in [0.717, 1.165) is 11.3 Å². The van der Waals surface area contributed by atoms with Crippen LogP contribution in [0.1, 0.15) is 5.56 Å². The first kappa shape index (κ1) is 9.02. The zero-order valence-electron chi connectivity index (χ0n) is 6.96. The predicted molar refractivity (Wildman–Crippen MR) is 56.7 cm³/mol. The lowest BCUT2D eigenvalue weighted by Gasteiger charge is -1.98. The third kappa shape index (κ3) is 2.52. The van der Waals surface area contributed by atoms with Gasteiger partial charge in [0.15, 0.2) is 0 Å². The highest BCUT2D eigenvalue weighted by atomic mass is 32.1. The van der Waals surface area contributed by atoms with Gasteiger partial charge in [-0.15, -0.1) is 0 Å². The van der Waals surface area contributed by atoms with Crippen molar-refractivity contribution in [1.82, 2.24) is 0 Å². The summed E-state index contributed by atoms with van der Waals surface area (Å²) in [7, 11) is 1.89. The van der Waals surface area contributed by atoms with Crippen molar-refractivity contribution in [2.75, 3.05) is 18.1 Å². The Morgan fingerprint density at radius 1 is 1.50 bits per heavy atom. The van der Waals surface area contributed by atoms with Gasteiger partial charge in [-0.1, -0.05) is 17.9 Å². The van der Waals surface area contributed by atoms with Gasteiger partial charge in [0.1, 0.15) is 0 Å². The maximum Gasteiger partial charge on any atom is 0.0521 e. The van der Waals surface area contributed by atoms with Crippen LogP contribution in [-0.2, 0) is 0 Å². The van der Waals surface area contributed by atoms with E-state index in [1.54, 1.807) is 0 Å². The Morgan fingerprint density at radius 3 is 3.00 bits per heavy atom. The first-order valence-corrected chi connectivity index (χ1v) is 4.37. The third-order valence-corrected chi connectivity index (χ3v) is 1.62. The van der Waals surface area contributed by atoms with Crippen LogP contribution in [0.5, 0.6) is 0 Å². The van der Waals surface area contributed by atoms with Crippen molar-refractivity contribution in [3.63, 3.8) is 0 Å². The van der Waals surface area contributed by atoms with Gasteiger partial charge in [0.05, 0.1) is 5.75 Å². The molecule has 0 aromatic heterocycles. The van der Waals surface area contributed by atoms with E-state index >= 15 is 0 Å². The molecule has 0 aliphatic rings. The summed E-state index contributed by atoms with van der Waals surface area (Å²) in [5, 5.41) is 3.06. The number of nitrogens with one attached hydrogen (secondary N) is 1. The van der Waals surface area contributed by atoms with E-state index in [0.29, 0.717) is 5.75 Å². The third-order valence-electron chi connectivity index (χ3n) is 1.46. The summed E-state index contributed by atoms with van der Waals surface area (Å²) in [5.74, 6) is 6.51. The average molecular weight is 177 g/mol. The minimum atomic E-state index is 0.601. The standard InChI is InChI=1S/C10H11NS/c1-11-10-6-2-4-9(8-10)5-3-7-12/h2,4,6,8,11-12H,7H2,1H3. The normalized spacial score (nSPS) is 8.50. The van der Waals surface area contributed by atoms with Crippen LogP contribution in [-0.4, -0.2) is 12.8 Å². The lowest BCUT2D eigenvalue weighted by molar-refractivity contribution is 1.50. The highest BCUT2D eigenvalue weighted by Crippen LogP contribution is 2.07. The molecule has 1 rings (SSSR count). The van der Waals surface area contributed by atoms with Crippen LogP contribution in [0.3, 0.4) is 0 Å². The van der Waals surface area contributed by atoms with E-state index in [1.807, 2.05) is 31.3 Å². The molecular formula is C10H11NS. The zero-order chi connectivity index (χ0) is 8.81. The minimum Gasteiger partial charge on any atom is -0.388 e. The molecule has 0 saturated carbocycles. The van der Waals surface area contributed by atoms with Crippen LogP contribution in [0, 0.1) is 11.8 Å². The number of anilines is 1. The van der Waals surface area contributed by atoms with Crippen molar-refractivity contribution in [2.24, 2.45) is 0 Å². The summed E-state index contributed by atoms with van der Waals surface area (Å²) in [4.78, 5) is 0. The topological polar surface area (TPSA) is 12.0 Å².